The Balaban J connectivity index is 1.86. The average molecular weight is 260 g/mol. The van der Waals surface area contributed by atoms with Crippen molar-refractivity contribution >= 4 is 0 Å². The maximum absolute atomic E-state index is 6.54. The molecule has 1 saturated heterocycles. The monoisotopic (exact) mass is 260 g/mol. The number of para-hydroxylation sites is 1. The minimum Gasteiger partial charge on any atom is -0.487 e. The van der Waals surface area contributed by atoms with Crippen LogP contribution in [0.3, 0.4) is 0 Å². The maximum Gasteiger partial charge on any atom is 0.124 e. The lowest BCUT2D eigenvalue weighted by Crippen LogP contribution is -2.51. The van der Waals surface area contributed by atoms with Crippen molar-refractivity contribution in [3.8, 4) is 5.75 Å². The SMILES string of the molecule is CC1(C)Oc2ccccc2C(N)C1CN1CCCC1. The number of nitrogens with two attached hydrogens (primary N) is 1. The number of nitrogens with zero attached hydrogens (tertiary/aromatic N) is 1. The normalized spacial score (nSPS) is 29.8. The summed E-state index contributed by atoms with van der Waals surface area (Å²) in [5, 5.41) is 0. The molecule has 0 aliphatic carbocycles. The highest BCUT2D eigenvalue weighted by Gasteiger charge is 2.42. The predicted octanol–water partition coefficient (Wildman–Crippen LogP) is 2.57. The number of hydrogen-bond acceptors (Lipinski definition) is 3. The first-order chi connectivity index (χ1) is 9.08. The molecule has 3 rings (SSSR count). The number of rotatable bonds is 2. The summed E-state index contributed by atoms with van der Waals surface area (Å²) in [5.41, 5.74) is 7.50. The van der Waals surface area contributed by atoms with Gasteiger partial charge in [-0.15, -0.1) is 0 Å². The van der Waals surface area contributed by atoms with Crippen molar-refractivity contribution in [3.05, 3.63) is 29.8 Å². The van der Waals surface area contributed by atoms with Gasteiger partial charge in [-0.2, -0.15) is 0 Å². The lowest BCUT2D eigenvalue weighted by Gasteiger charge is -2.45. The molecule has 3 nitrogen and oxygen atoms in total. The number of fused-ring (bicyclic) bond motifs is 1. The van der Waals surface area contributed by atoms with E-state index in [2.05, 4.69) is 24.8 Å². The highest BCUT2D eigenvalue weighted by Crippen LogP contribution is 2.42. The zero-order valence-corrected chi connectivity index (χ0v) is 11.9. The van der Waals surface area contributed by atoms with Crippen molar-refractivity contribution in [2.75, 3.05) is 19.6 Å². The van der Waals surface area contributed by atoms with Crippen LogP contribution in [0.5, 0.6) is 5.75 Å². The van der Waals surface area contributed by atoms with Gasteiger partial charge in [-0.25, -0.2) is 0 Å². The van der Waals surface area contributed by atoms with Gasteiger partial charge in [0, 0.05) is 24.1 Å². The first-order valence-corrected chi connectivity index (χ1v) is 7.34. The van der Waals surface area contributed by atoms with E-state index in [0.717, 1.165) is 17.9 Å². The maximum atomic E-state index is 6.54. The third-order valence-electron chi connectivity index (χ3n) is 4.63. The molecule has 0 aromatic heterocycles. The topological polar surface area (TPSA) is 38.5 Å². The van der Waals surface area contributed by atoms with Crippen LogP contribution in [0.4, 0.5) is 0 Å². The van der Waals surface area contributed by atoms with Crippen LogP contribution in [0.2, 0.25) is 0 Å². The van der Waals surface area contributed by atoms with E-state index in [4.69, 9.17) is 10.5 Å². The van der Waals surface area contributed by atoms with Gasteiger partial charge < -0.3 is 15.4 Å². The fraction of sp³-hybridized carbons (Fsp3) is 0.625. The summed E-state index contributed by atoms with van der Waals surface area (Å²) in [6, 6.07) is 8.27. The molecular formula is C16H24N2O. The number of hydrogen-bond donors (Lipinski definition) is 1. The molecule has 1 aromatic carbocycles. The minimum absolute atomic E-state index is 0.0700. The Morgan fingerprint density at radius 2 is 1.95 bits per heavy atom. The molecule has 104 valence electrons. The average Bonchev–Trinajstić information content (AvgIpc) is 2.87. The molecule has 0 bridgehead atoms. The lowest BCUT2D eigenvalue weighted by atomic mass is 9.78. The van der Waals surface area contributed by atoms with Gasteiger partial charge in [0.05, 0.1) is 0 Å². The van der Waals surface area contributed by atoms with E-state index in [1.807, 2.05) is 18.2 Å². The van der Waals surface area contributed by atoms with E-state index >= 15 is 0 Å². The predicted molar refractivity (Wildman–Crippen MR) is 77.2 cm³/mol. The number of likely N-dealkylation sites (tertiary alicyclic amines) is 1. The first-order valence-electron chi connectivity index (χ1n) is 7.34. The smallest absolute Gasteiger partial charge is 0.124 e. The molecule has 2 heterocycles. The van der Waals surface area contributed by atoms with Crippen molar-refractivity contribution in [3.63, 3.8) is 0 Å². The van der Waals surface area contributed by atoms with E-state index < -0.39 is 0 Å². The van der Waals surface area contributed by atoms with E-state index in [9.17, 15) is 0 Å². The van der Waals surface area contributed by atoms with Crippen LogP contribution in [0.1, 0.15) is 38.3 Å². The molecule has 2 aliphatic heterocycles. The molecule has 2 aliphatic rings. The summed E-state index contributed by atoms with van der Waals surface area (Å²) in [7, 11) is 0. The quantitative estimate of drug-likeness (QED) is 0.888. The third-order valence-corrected chi connectivity index (χ3v) is 4.63. The Morgan fingerprint density at radius 3 is 2.68 bits per heavy atom. The van der Waals surface area contributed by atoms with Crippen LogP contribution in [0.25, 0.3) is 0 Å². The third kappa shape index (κ3) is 2.37. The van der Waals surface area contributed by atoms with Gasteiger partial charge >= 0.3 is 0 Å². The molecule has 2 atom stereocenters. The zero-order chi connectivity index (χ0) is 13.5. The van der Waals surface area contributed by atoms with Crippen molar-refractivity contribution in [2.24, 2.45) is 11.7 Å². The Labute approximate surface area is 115 Å². The summed E-state index contributed by atoms with van der Waals surface area (Å²) in [5.74, 6) is 1.30. The largest absolute Gasteiger partial charge is 0.487 e. The number of ether oxygens (including phenoxy) is 1. The van der Waals surface area contributed by atoms with Crippen molar-refractivity contribution < 1.29 is 4.74 Å². The summed E-state index contributed by atoms with van der Waals surface area (Å²) < 4.78 is 6.21. The van der Waals surface area contributed by atoms with Gasteiger partial charge in [-0.05, 0) is 45.8 Å². The van der Waals surface area contributed by atoms with Crippen LogP contribution in [-0.2, 0) is 0 Å². The van der Waals surface area contributed by atoms with E-state index in [0.29, 0.717) is 5.92 Å². The standard InChI is InChI=1S/C16H24N2O/c1-16(2)13(11-18-9-5-6-10-18)15(17)12-7-3-4-8-14(12)19-16/h3-4,7-8,13,15H,5-6,9-11,17H2,1-2H3. The van der Waals surface area contributed by atoms with E-state index in [1.165, 1.54) is 25.9 Å². The Bertz CT molecular complexity index is 452. The second-order valence-corrected chi connectivity index (χ2v) is 6.38. The molecule has 0 saturated carbocycles. The van der Waals surface area contributed by atoms with E-state index in [1.54, 1.807) is 0 Å². The summed E-state index contributed by atoms with van der Waals surface area (Å²) in [4.78, 5) is 2.53. The van der Waals surface area contributed by atoms with Crippen LogP contribution in [0.15, 0.2) is 24.3 Å². The molecule has 0 amide bonds. The Morgan fingerprint density at radius 1 is 1.26 bits per heavy atom. The lowest BCUT2D eigenvalue weighted by molar-refractivity contribution is -0.00355. The van der Waals surface area contributed by atoms with Crippen LogP contribution < -0.4 is 10.5 Å². The molecule has 0 radical (unpaired) electrons. The molecule has 2 N–H and O–H groups in total. The Kier molecular flexibility index (Phi) is 3.27. The van der Waals surface area contributed by atoms with Gasteiger partial charge in [-0.3, -0.25) is 0 Å². The summed E-state index contributed by atoms with van der Waals surface area (Å²) in [6.45, 7) is 7.80. The van der Waals surface area contributed by atoms with Gasteiger partial charge in [0.25, 0.3) is 0 Å². The van der Waals surface area contributed by atoms with Gasteiger partial charge in [0.2, 0.25) is 0 Å². The molecule has 1 aromatic rings. The molecule has 0 spiro atoms. The van der Waals surface area contributed by atoms with Crippen molar-refractivity contribution in [1.29, 1.82) is 0 Å². The summed E-state index contributed by atoms with van der Waals surface area (Å²) >= 11 is 0. The molecule has 2 unspecified atom stereocenters. The van der Waals surface area contributed by atoms with Gasteiger partial charge in [0.15, 0.2) is 0 Å². The molecule has 1 fully saturated rings. The molecule has 19 heavy (non-hydrogen) atoms. The van der Waals surface area contributed by atoms with Crippen LogP contribution in [-0.4, -0.2) is 30.1 Å². The highest BCUT2D eigenvalue weighted by atomic mass is 16.5. The summed E-state index contributed by atoms with van der Waals surface area (Å²) in [6.07, 6.45) is 2.64. The van der Waals surface area contributed by atoms with E-state index in [-0.39, 0.29) is 11.6 Å². The molecular weight excluding hydrogens is 236 g/mol. The highest BCUT2D eigenvalue weighted by molar-refractivity contribution is 5.39. The van der Waals surface area contributed by atoms with Crippen molar-refractivity contribution in [1.82, 2.24) is 4.90 Å². The zero-order valence-electron chi connectivity index (χ0n) is 11.9. The van der Waals surface area contributed by atoms with Crippen LogP contribution in [0, 0.1) is 5.92 Å². The minimum atomic E-state index is -0.198. The fourth-order valence-electron chi connectivity index (χ4n) is 3.43. The second kappa shape index (κ2) is 4.80. The first kappa shape index (κ1) is 12.9. The fourth-order valence-corrected chi connectivity index (χ4v) is 3.43. The van der Waals surface area contributed by atoms with Crippen molar-refractivity contribution in [2.45, 2.75) is 38.3 Å². The Hall–Kier alpha value is -1.06. The van der Waals surface area contributed by atoms with Crippen LogP contribution >= 0.6 is 0 Å². The second-order valence-electron chi connectivity index (χ2n) is 6.38. The van der Waals surface area contributed by atoms with Gasteiger partial charge in [0.1, 0.15) is 11.4 Å². The van der Waals surface area contributed by atoms with Gasteiger partial charge in [-0.1, -0.05) is 18.2 Å². The molecule has 3 heteroatoms. The number of benzene rings is 1.